The van der Waals surface area contributed by atoms with Crippen LogP contribution in [0.15, 0.2) is 41.1 Å². The van der Waals surface area contributed by atoms with Gasteiger partial charge in [-0.2, -0.15) is 4.68 Å². The Kier molecular flexibility index (Phi) is 8.43. The molecule has 5 N–H and O–H groups in total. The summed E-state index contributed by atoms with van der Waals surface area (Å²) < 4.78 is 7.97. The number of nitrogens with one attached hydrogen (secondary N) is 1. The minimum absolute atomic E-state index is 0.0568. The van der Waals surface area contributed by atoms with Gasteiger partial charge in [0.25, 0.3) is 0 Å². The molecule has 0 radical (unpaired) electrons. The van der Waals surface area contributed by atoms with Crippen LogP contribution < -0.4 is 10.4 Å². The van der Waals surface area contributed by atoms with Crippen molar-refractivity contribution in [2.24, 2.45) is 39.7 Å². The smallest absolute Gasteiger partial charge is 0.303 e. The molecule has 1 aromatic rings. The normalized spacial score (nSPS) is 42.7. The number of hydrogen-bond donors (Lipinski definition) is 4. The van der Waals surface area contributed by atoms with Gasteiger partial charge in [-0.3, -0.25) is 9.59 Å². The van der Waals surface area contributed by atoms with Gasteiger partial charge in [0.1, 0.15) is 6.10 Å². The van der Waals surface area contributed by atoms with E-state index in [-0.39, 0.29) is 45.8 Å². The van der Waals surface area contributed by atoms with Crippen molar-refractivity contribution in [3.8, 4) is 0 Å². The number of aliphatic hydroxyl groups is 2. The molecule has 9 nitrogen and oxygen atoms in total. The lowest BCUT2D eigenvalue weighted by Crippen LogP contribution is -2.75. The van der Waals surface area contributed by atoms with E-state index in [1.54, 1.807) is 6.92 Å². The number of H-pyrrole nitrogens is 1. The zero-order valence-electron chi connectivity index (χ0n) is 27.8. The van der Waals surface area contributed by atoms with Crippen LogP contribution in [0.25, 0.3) is 0 Å². The molecule has 1 aromatic heterocycles. The Morgan fingerprint density at radius 1 is 1.11 bits per heavy atom. The van der Waals surface area contributed by atoms with Crippen LogP contribution in [0.2, 0.25) is 0 Å². The first-order chi connectivity index (χ1) is 20.5. The summed E-state index contributed by atoms with van der Waals surface area (Å²) in [7, 11) is 0. The van der Waals surface area contributed by atoms with Crippen LogP contribution in [-0.4, -0.2) is 50.6 Å². The maximum absolute atomic E-state index is 13.2. The van der Waals surface area contributed by atoms with Crippen molar-refractivity contribution in [2.75, 3.05) is 0 Å². The number of rotatable bonds is 6. The van der Waals surface area contributed by atoms with Gasteiger partial charge in [0.05, 0.1) is 18.8 Å². The van der Waals surface area contributed by atoms with Crippen LogP contribution in [0.4, 0.5) is 0 Å². The Balaban J connectivity index is 1.63. The highest BCUT2D eigenvalue weighted by Crippen LogP contribution is 2.75. The third-order valence-electron chi connectivity index (χ3n) is 12.7. The molecule has 4 fully saturated rings. The van der Waals surface area contributed by atoms with E-state index in [1.807, 2.05) is 43.0 Å². The van der Waals surface area contributed by atoms with Crippen LogP contribution in [0.3, 0.4) is 0 Å². The van der Waals surface area contributed by atoms with Crippen LogP contribution in [0.5, 0.6) is 0 Å². The predicted molar refractivity (Wildman–Crippen MR) is 167 cm³/mol. The summed E-state index contributed by atoms with van der Waals surface area (Å²) in [5, 5.41) is 31.4. The number of ketones is 1. The van der Waals surface area contributed by atoms with E-state index >= 15 is 0 Å². The molecule has 1 heterocycles. The number of fused-ring (bicyclic) bond motifs is 5. The number of carbonyl (C=O) groups is 2. The number of ether oxygens (including phenoxy) is 1. The number of nitrogens with two attached hydrogens (primary N) is 1. The zero-order chi connectivity index (χ0) is 32.4. The Bertz CT molecular complexity index is 1410. The number of aromatic nitrogens is 3. The van der Waals surface area contributed by atoms with Gasteiger partial charge in [0.15, 0.2) is 17.5 Å². The molecule has 5 rings (SSSR count). The maximum Gasteiger partial charge on any atom is 0.303 e. The SMILES string of the molecule is CC(=O)O[C@H]1C[C@@]2(C)[C@@H](C[C@@H](O)[C@H]3[C@@]4(C)CC[C@@H](O)[C@](C)([n+]5cc(CN)n[nH]5)[C@@H]4CC[C@@]32C)/C1=C(\C=C\C=C(C)C)C(C)=O. The van der Waals surface area contributed by atoms with E-state index in [0.717, 1.165) is 36.1 Å². The minimum Gasteiger partial charge on any atom is -0.458 e. The molecule has 0 aliphatic heterocycles. The first-order valence-electron chi connectivity index (χ1n) is 16.3. The van der Waals surface area contributed by atoms with Crippen LogP contribution >= 0.6 is 0 Å². The van der Waals surface area contributed by atoms with E-state index in [0.29, 0.717) is 31.4 Å². The van der Waals surface area contributed by atoms with Crippen molar-refractivity contribution in [3.05, 3.63) is 46.8 Å². The van der Waals surface area contributed by atoms with Gasteiger partial charge in [-0.1, -0.05) is 49.8 Å². The fourth-order valence-corrected chi connectivity index (χ4v) is 10.7. The summed E-state index contributed by atoms with van der Waals surface area (Å²) in [6.07, 6.45) is 10.1. The molecular weight excluding hydrogens is 556 g/mol. The van der Waals surface area contributed by atoms with E-state index in [1.165, 1.54) is 6.92 Å². The average Bonchev–Trinajstić information content (AvgIpc) is 3.52. The molecule has 4 saturated carbocycles. The van der Waals surface area contributed by atoms with Gasteiger partial charge in [-0.25, -0.2) is 0 Å². The number of aliphatic hydroxyl groups excluding tert-OH is 2. The number of hydrogen-bond acceptors (Lipinski definition) is 7. The Morgan fingerprint density at radius 3 is 2.41 bits per heavy atom. The Labute approximate surface area is 262 Å². The van der Waals surface area contributed by atoms with Gasteiger partial charge in [-0.05, 0) is 99.9 Å². The molecule has 9 heteroatoms. The maximum atomic E-state index is 13.2. The van der Waals surface area contributed by atoms with Crippen molar-refractivity contribution >= 4 is 11.8 Å². The van der Waals surface area contributed by atoms with Crippen LogP contribution in [0.1, 0.15) is 99.6 Å². The van der Waals surface area contributed by atoms with Crippen LogP contribution in [-0.2, 0) is 26.4 Å². The van der Waals surface area contributed by atoms with E-state index < -0.39 is 23.9 Å². The topological polar surface area (TPSA) is 142 Å². The van der Waals surface area contributed by atoms with Gasteiger partial charge in [0.2, 0.25) is 5.69 Å². The van der Waals surface area contributed by atoms with E-state index in [9.17, 15) is 19.8 Å². The second kappa shape index (κ2) is 11.3. The second-order valence-electron chi connectivity index (χ2n) is 15.3. The van der Waals surface area contributed by atoms with Crippen LogP contribution in [0, 0.1) is 34.0 Å². The predicted octanol–water partition coefficient (Wildman–Crippen LogP) is 4.20. The van der Waals surface area contributed by atoms with Gasteiger partial charge in [-0.15, -0.1) is 0 Å². The largest absolute Gasteiger partial charge is 0.458 e. The van der Waals surface area contributed by atoms with Gasteiger partial charge < -0.3 is 20.7 Å². The van der Waals surface area contributed by atoms with Gasteiger partial charge >= 0.3 is 5.97 Å². The molecule has 0 amide bonds. The van der Waals surface area contributed by atoms with Crippen molar-refractivity contribution in [1.29, 1.82) is 0 Å². The number of carbonyl (C=O) groups excluding carboxylic acids is 2. The lowest BCUT2D eigenvalue weighted by molar-refractivity contribution is -0.831. The molecule has 242 valence electrons. The molecule has 0 unspecified atom stereocenters. The minimum atomic E-state index is -0.648. The Morgan fingerprint density at radius 2 is 1.82 bits per heavy atom. The molecular formula is C35H53N4O5+. The molecule has 44 heavy (non-hydrogen) atoms. The standard InChI is InChI=1S/C35H52N4O5/c1-20(2)10-9-11-24(21(3)40)30-25-16-26(42)31-32(5)14-13-29(43)35(8,39-19-23(18-36)37-38-39)28(32)12-15-33(31,6)34(25,7)17-27(30)44-22(4)41/h9-11,19,25-29,31,42-43H,12-18,36H2,1-8H3/p+1/b11-9+,30-24-/t25-,26+,27-,28+,29+,31-,32-,33-,34-,35+/m0/s1. The highest BCUT2D eigenvalue weighted by molar-refractivity contribution is 5.97. The summed E-state index contributed by atoms with van der Waals surface area (Å²) >= 11 is 0. The zero-order valence-corrected chi connectivity index (χ0v) is 27.8. The molecule has 4 aliphatic carbocycles. The monoisotopic (exact) mass is 609 g/mol. The molecule has 0 aromatic carbocycles. The highest BCUT2D eigenvalue weighted by Gasteiger charge is 2.73. The second-order valence-corrected chi connectivity index (χ2v) is 15.3. The average molecular weight is 610 g/mol. The van der Waals surface area contributed by atoms with E-state index in [4.69, 9.17) is 10.5 Å². The number of esters is 1. The molecule has 4 aliphatic rings. The Hall–Kier alpha value is -2.62. The summed E-state index contributed by atoms with van der Waals surface area (Å²) in [6, 6.07) is 0. The third kappa shape index (κ3) is 4.76. The first-order valence-corrected chi connectivity index (χ1v) is 16.3. The van der Waals surface area contributed by atoms with Gasteiger partial charge in [0, 0.05) is 23.5 Å². The molecule has 0 bridgehead atoms. The lowest BCUT2D eigenvalue weighted by atomic mass is 9.35. The summed E-state index contributed by atoms with van der Waals surface area (Å²) in [4.78, 5) is 25.6. The number of nitrogens with zero attached hydrogens (tertiary/aromatic N) is 2. The molecule has 0 spiro atoms. The number of aromatic amines is 1. The van der Waals surface area contributed by atoms with Crippen molar-refractivity contribution in [2.45, 2.75) is 124 Å². The fourth-order valence-electron chi connectivity index (χ4n) is 10.7. The van der Waals surface area contributed by atoms with E-state index in [2.05, 4.69) is 38.0 Å². The van der Waals surface area contributed by atoms with Crippen molar-refractivity contribution in [3.63, 3.8) is 0 Å². The highest BCUT2D eigenvalue weighted by atomic mass is 16.5. The third-order valence-corrected chi connectivity index (χ3v) is 12.7. The number of Topliss-reactive ketones (excluding diaryl/α,β-unsaturated/α-hetero) is 1. The number of allylic oxidation sites excluding steroid dienone is 5. The fraction of sp³-hybridized carbons (Fsp3) is 0.714. The first kappa shape index (κ1) is 32.8. The van der Waals surface area contributed by atoms with Crippen molar-refractivity contribution < 1.29 is 29.2 Å². The molecule has 10 atom stereocenters. The summed E-state index contributed by atoms with van der Waals surface area (Å²) in [6.45, 7) is 16.4. The quantitative estimate of drug-likeness (QED) is 0.164. The van der Waals surface area contributed by atoms with Crippen molar-refractivity contribution in [1.82, 2.24) is 10.3 Å². The molecule has 0 saturated heterocycles. The summed E-state index contributed by atoms with van der Waals surface area (Å²) in [5.41, 5.74) is 7.61. The lowest BCUT2D eigenvalue weighted by Gasteiger charge is -2.69. The summed E-state index contributed by atoms with van der Waals surface area (Å²) in [5.74, 6) is -0.535.